The number of benzene rings is 2. The third kappa shape index (κ3) is 3.76. The number of nitrogens with zero attached hydrogens (tertiary/aromatic N) is 3. The summed E-state index contributed by atoms with van der Waals surface area (Å²) in [5.41, 5.74) is 4.83. The van der Waals surface area contributed by atoms with E-state index in [2.05, 4.69) is 20.6 Å². The molecule has 2 heterocycles. The maximum Gasteiger partial charge on any atom is 0.229 e. The lowest BCUT2D eigenvalue weighted by atomic mass is 10.1. The maximum atomic E-state index is 12.6. The van der Waals surface area contributed by atoms with Crippen LogP contribution < -0.4 is 10.6 Å². The number of sulfonamides is 1. The highest BCUT2D eigenvalue weighted by Gasteiger charge is 2.41. The summed E-state index contributed by atoms with van der Waals surface area (Å²) in [6.07, 6.45) is 3.35. The molecule has 0 atom stereocenters. The van der Waals surface area contributed by atoms with Crippen molar-refractivity contribution in [1.82, 2.24) is 14.3 Å². The first kappa shape index (κ1) is 19.0. The SMILES string of the molecule is Cc1cnc(Nc2ccccc2)nc1Nc1ccc2c(c1)CN(S(=O)(=O)C1CC1)C2. The van der Waals surface area contributed by atoms with Gasteiger partial charge >= 0.3 is 0 Å². The Labute approximate surface area is 176 Å². The van der Waals surface area contributed by atoms with Gasteiger partial charge in [0.15, 0.2) is 0 Å². The average Bonchev–Trinajstić information content (AvgIpc) is 3.51. The van der Waals surface area contributed by atoms with E-state index in [9.17, 15) is 8.42 Å². The smallest absolute Gasteiger partial charge is 0.229 e. The number of hydrogen-bond donors (Lipinski definition) is 2. The Morgan fingerprint density at radius 2 is 1.73 bits per heavy atom. The Hall–Kier alpha value is -2.97. The fourth-order valence-corrected chi connectivity index (χ4v) is 5.41. The molecule has 1 fully saturated rings. The van der Waals surface area contributed by atoms with Crippen LogP contribution in [0.5, 0.6) is 0 Å². The molecule has 7 nitrogen and oxygen atoms in total. The van der Waals surface area contributed by atoms with Gasteiger partial charge in [0.25, 0.3) is 0 Å². The Kier molecular flexibility index (Phi) is 4.67. The Bertz CT molecular complexity index is 1190. The van der Waals surface area contributed by atoms with E-state index in [1.54, 1.807) is 10.5 Å². The number of para-hydroxylation sites is 1. The number of fused-ring (bicyclic) bond motifs is 1. The lowest BCUT2D eigenvalue weighted by molar-refractivity contribution is 0.430. The minimum absolute atomic E-state index is 0.177. The van der Waals surface area contributed by atoms with E-state index in [0.717, 1.165) is 40.9 Å². The molecule has 2 aliphatic rings. The van der Waals surface area contributed by atoms with Gasteiger partial charge in [-0.25, -0.2) is 13.4 Å². The Morgan fingerprint density at radius 1 is 0.967 bits per heavy atom. The summed E-state index contributed by atoms with van der Waals surface area (Å²) in [6, 6.07) is 15.8. The summed E-state index contributed by atoms with van der Waals surface area (Å²) in [5, 5.41) is 6.38. The van der Waals surface area contributed by atoms with Gasteiger partial charge in [0.1, 0.15) is 5.82 Å². The number of nitrogens with one attached hydrogen (secondary N) is 2. The van der Waals surface area contributed by atoms with Crippen molar-refractivity contribution in [3.63, 3.8) is 0 Å². The van der Waals surface area contributed by atoms with Crippen LogP contribution in [0.15, 0.2) is 54.7 Å². The van der Waals surface area contributed by atoms with Crippen molar-refractivity contribution >= 4 is 33.2 Å². The molecule has 30 heavy (non-hydrogen) atoms. The highest BCUT2D eigenvalue weighted by molar-refractivity contribution is 7.90. The van der Waals surface area contributed by atoms with Crippen molar-refractivity contribution in [2.75, 3.05) is 10.6 Å². The predicted molar refractivity (Wildman–Crippen MR) is 117 cm³/mol. The molecular formula is C22H23N5O2S. The van der Waals surface area contributed by atoms with Crippen LogP contribution in [0.4, 0.5) is 23.1 Å². The van der Waals surface area contributed by atoms with E-state index >= 15 is 0 Å². The van der Waals surface area contributed by atoms with Crippen LogP contribution in [0.2, 0.25) is 0 Å². The van der Waals surface area contributed by atoms with E-state index in [-0.39, 0.29) is 5.25 Å². The molecule has 8 heteroatoms. The van der Waals surface area contributed by atoms with Crippen LogP contribution in [0.3, 0.4) is 0 Å². The first-order valence-corrected chi connectivity index (χ1v) is 11.5. The third-order valence-electron chi connectivity index (χ3n) is 5.47. The molecule has 5 rings (SSSR count). The van der Waals surface area contributed by atoms with E-state index < -0.39 is 10.0 Å². The molecule has 0 spiro atoms. The van der Waals surface area contributed by atoms with Crippen LogP contribution in [-0.4, -0.2) is 27.9 Å². The molecule has 0 radical (unpaired) electrons. The second-order valence-electron chi connectivity index (χ2n) is 7.84. The first-order valence-electron chi connectivity index (χ1n) is 10.0. The topological polar surface area (TPSA) is 87.2 Å². The summed E-state index contributed by atoms with van der Waals surface area (Å²) in [4.78, 5) is 8.96. The number of aryl methyl sites for hydroxylation is 1. The van der Waals surface area contributed by atoms with Gasteiger partial charge in [0.2, 0.25) is 16.0 Å². The van der Waals surface area contributed by atoms with Crippen molar-refractivity contribution < 1.29 is 8.42 Å². The molecule has 154 valence electrons. The molecule has 1 saturated carbocycles. The number of hydrogen-bond acceptors (Lipinski definition) is 6. The van der Waals surface area contributed by atoms with E-state index in [0.29, 0.717) is 24.9 Å². The van der Waals surface area contributed by atoms with Crippen molar-refractivity contribution in [3.05, 3.63) is 71.4 Å². The number of aromatic nitrogens is 2. The van der Waals surface area contributed by atoms with E-state index in [1.807, 2.05) is 55.5 Å². The zero-order valence-electron chi connectivity index (χ0n) is 16.7. The number of anilines is 4. The van der Waals surface area contributed by atoms with Crippen LogP contribution in [-0.2, 0) is 23.1 Å². The lowest BCUT2D eigenvalue weighted by Crippen LogP contribution is -2.28. The lowest BCUT2D eigenvalue weighted by Gasteiger charge is -2.14. The monoisotopic (exact) mass is 421 g/mol. The molecule has 1 aliphatic heterocycles. The molecule has 0 saturated heterocycles. The second-order valence-corrected chi connectivity index (χ2v) is 10.1. The average molecular weight is 422 g/mol. The van der Waals surface area contributed by atoms with Crippen molar-refractivity contribution in [2.24, 2.45) is 0 Å². The van der Waals surface area contributed by atoms with Crippen LogP contribution in [0.25, 0.3) is 0 Å². The Morgan fingerprint density at radius 3 is 2.50 bits per heavy atom. The second kappa shape index (κ2) is 7.37. The molecule has 0 unspecified atom stereocenters. The van der Waals surface area contributed by atoms with Crippen LogP contribution in [0, 0.1) is 6.92 Å². The normalized spacial score (nSPS) is 16.3. The Balaban J connectivity index is 1.34. The van der Waals surface area contributed by atoms with Gasteiger partial charge in [0.05, 0.1) is 5.25 Å². The zero-order valence-corrected chi connectivity index (χ0v) is 17.5. The van der Waals surface area contributed by atoms with E-state index in [1.165, 1.54) is 0 Å². The fourth-order valence-electron chi connectivity index (χ4n) is 3.61. The largest absolute Gasteiger partial charge is 0.340 e. The fraction of sp³-hybridized carbons (Fsp3) is 0.273. The molecule has 0 amide bonds. The van der Waals surface area contributed by atoms with Gasteiger partial charge < -0.3 is 10.6 Å². The van der Waals surface area contributed by atoms with Crippen molar-refractivity contribution in [2.45, 2.75) is 38.1 Å². The molecule has 1 aromatic heterocycles. The summed E-state index contributed by atoms with van der Waals surface area (Å²) in [6.45, 7) is 2.85. The zero-order chi connectivity index (χ0) is 20.7. The molecule has 1 aliphatic carbocycles. The molecule has 2 N–H and O–H groups in total. The quantitative estimate of drug-likeness (QED) is 0.624. The standard InChI is InChI=1S/C22H23N5O2S/c1-15-12-23-22(25-18-5-3-2-4-6-18)26-21(15)24-19-8-7-16-13-27(14-17(16)11-19)30(28,29)20-9-10-20/h2-8,11-12,20H,9-10,13-14H2,1H3,(H2,23,24,25,26). The molecule has 3 aromatic rings. The van der Waals surface area contributed by atoms with Gasteiger partial charge in [-0.1, -0.05) is 24.3 Å². The molecule has 2 aromatic carbocycles. The third-order valence-corrected chi connectivity index (χ3v) is 7.76. The summed E-state index contributed by atoms with van der Waals surface area (Å²) in [5.74, 6) is 1.22. The van der Waals surface area contributed by atoms with Gasteiger partial charge in [-0.05, 0) is 55.2 Å². The van der Waals surface area contributed by atoms with Gasteiger partial charge in [-0.2, -0.15) is 9.29 Å². The molecule has 0 bridgehead atoms. The minimum Gasteiger partial charge on any atom is -0.340 e. The predicted octanol–water partition coefficient (Wildman–Crippen LogP) is 4.08. The number of rotatable bonds is 6. The van der Waals surface area contributed by atoms with Crippen LogP contribution >= 0.6 is 0 Å². The van der Waals surface area contributed by atoms with Gasteiger partial charge in [-0.15, -0.1) is 0 Å². The van der Waals surface area contributed by atoms with Gasteiger partial charge in [-0.3, -0.25) is 0 Å². The highest BCUT2D eigenvalue weighted by atomic mass is 32.2. The molecular weight excluding hydrogens is 398 g/mol. The summed E-state index contributed by atoms with van der Waals surface area (Å²) < 4.78 is 26.7. The maximum absolute atomic E-state index is 12.6. The first-order chi connectivity index (χ1) is 14.5. The van der Waals surface area contributed by atoms with E-state index in [4.69, 9.17) is 0 Å². The highest BCUT2D eigenvalue weighted by Crippen LogP contribution is 2.36. The summed E-state index contributed by atoms with van der Waals surface area (Å²) in [7, 11) is -3.16. The van der Waals surface area contributed by atoms with Crippen LogP contribution in [0.1, 0.15) is 29.5 Å². The minimum atomic E-state index is -3.16. The summed E-state index contributed by atoms with van der Waals surface area (Å²) >= 11 is 0. The van der Waals surface area contributed by atoms with Gasteiger partial charge in [0, 0.05) is 36.2 Å². The van der Waals surface area contributed by atoms with Crippen molar-refractivity contribution in [3.8, 4) is 0 Å². The van der Waals surface area contributed by atoms with Crippen molar-refractivity contribution in [1.29, 1.82) is 0 Å².